The van der Waals surface area contributed by atoms with Crippen LogP contribution in [0.3, 0.4) is 0 Å². The first-order valence-electron chi connectivity index (χ1n) is 6.26. The summed E-state index contributed by atoms with van der Waals surface area (Å²) in [5.41, 5.74) is 0. The first-order valence-corrected chi connectivity index (χ1v) is 5.55. The molecular weight excluding hydrogens is 144 g/mol. The Morgan fingerprint density at radius 1 is 1.00 bits per heavy atom. The molecular formula is C12H26. The van der Waals surface area contributed by atoms with Crippen molar-refractivity contribution in [2.24, 2.45) is 11.8 Å². The van der Waals surface area contributed by atoms with Gasteiger partial charge < -0.3 is 0 Å². The molecule has 0 aliphatic carbocycles. The van der Waals surface area contributed by atoms with Gasteiger partial charge in [0, 0.05) is 1.37 Å². The number of hydrogen-bond donors (Lipinski definition) is 0. The zero-order valence-electron chi connectivity index (χ0n) is 10.1. The van der Waals surface area contributed by atoms with Crippen LogP contribution in [0.25, 0.3) is 0 Å². The summed E-state index contributed by atoms with van der Waals surface area (Å²) >= 11 is 0. The molecule has 0 bridgehead atoms. The highest BCUT2D eigenvalue weighted by atomic mass is 14.2. The molecule has 0 aliphatic rings. The monoisotopic (exact) mass is 171 g/mol. The zero-order chi connectivity index (χ0) is 10.1. The van der Waals surface area contributed by atoms with E-state index in [9.17, 15) is 0 Å². The lowest BCUT2D eigenvalue weighted by atomic mass is 9.87. The fraction of sp³-hybridized carbons (Fsp3) is 1.00. The average molecular weight is 171 g/mol. The molecule has 0 aromatic heterocycles. The Morgan fingerprint density at radius 3 is 1.92 bits per heavy atom. The number of unbranched alkanes of at least 4 members (excludes halogenated alkanes) is 2. The van der Waals surface area contributed by atoms with Gasteiger partial charge in [-0.3, -0.25) is 0 Å². The van der Waals surface area contributed by atoms with E-state index < -0.39 is 0 Å². The molecule has 0 heteroatoms. The first kappa shape index (κ1) is 10.1. The highest BCUT2D eigenvalue weighted by molar-refractivity contribution is 4.61. The van der Waals surface area contributed by atoms with Crippen LogP contribution in [0.5, 0.6) is 0 Å². The Balaban J connectivity index is 3.63. The maximum Gasteiger partial charge on any atom is 0.0233 e. The van der Waals surface area contributed by atoms with Crippen molar-refractivity contribution < 1.29 is 1.37 Å². The van der Waals surface area contributed by atoms with Crippen molar-refractivity contribution >= 4 is 0 Å². The highest BCUT2D eigenvalue weighted by Gasteiger charge is 2.10. The maximum absolute atomic E-state index is 7.50. The molecule has 0 spiro atoms. The maximum atomic E-state index is 7.50. The average Bonchev–Trinajstić information content (AvgIpc) is 2.16. The molecule has 0 radical (unpaired) electrons. The van der Waals surface area contributed by atoms with Gasteiger partial charge in [0.15, 0.2) is 0 Å². The SMILES string of the molecule is [2H]CC(CCCC)C(C)CCCC. The highest BCUT2D eigenvalue weighted by Crippen LogP contribution is 2.22. The van der Waals surface area contributed by atoms with Gasteiger partial charge in [0.05, 0.1) is 0 Å². The molecule has 0 nitrogen and oxygen atoms in total. The molecule has 2 unspecified atom stereocenters. The van der Waals surface area contributed by atoms with E-state index in [4.69, 9.17) is 1.37 Å². The van der Waals surface area contributed by atoms with Crippen molar-refractivity contribution in [3.8, 4) is 0 Å². The van der Waals surface area contributed by atoms with Crippen molar-refractivity contribution in [2.75, 3.05) is 0 Å². The topological polar surface area (TPSA) is 0 Å². The van der Waals surface area contributed by atoms with Gasteiger partial charge in [-0.2, -0.15) is 0 Å². The first-order chi connectivity index (χ1) is 6.26. The van der Waals surface area contributed by atoms with E-state index in [0.717, 1.165) is 5.92 Å². The molecule has 0 fully saturated rings. The molecule has 0 rings (SSSR count). The zero-order valence-corrected chi connectivity index (χ0v) is 9.10. The van der Waals surface area contributed by atoms with E-state index in [-0.39, 0.29) is 0 Å². The van der Waals surface area contributed by atoms with Gasteiger partial charge in [-0.25, -0.2) is 0 Å². The van der Waals surface area contributed by atoms with Crippen LogP contribution in [0.2, 0.25) is 0 Å². The fourth-order valence-electron chi connectivity index (χ4n) is 1.51. The van der Waals surface area contributed by atoms with Crippen molar-refractivity contribution in [2.45, 2.75) is 66.2 Å². The Bertz CT molecular complexity index is 101. The number of rotatable bonds is 7. The second-order valence-electron chi connectivity index (χ2n) is 4.02. The minimum absolute atomic E-state index is 0.630. The summed E-state index contributed by atoms with van der Waals surface area (Å²) in [4.78, 5) is 0. The summed E-state index contributed by atoms with van der Waals surface area (Å²) in [5, 5.41) is 0. The molecule has 0 saturated carbocycles. The summed E-state index contributed by atoms with van der Waals surface area (Å²) < 4.78 is 7.50. The Morgan fingerprint density at radius 2 is 1.50 bits per heavy atom. The lowest BCUT2D eigenvalue weighted by molar-refractivity contribution is 0.328. The molecule has 0 heterocycles. The molecule has 12 heavy (non-hydrogen) atoms. The predicted octanol–water partition coefficient (Wildman–Crippen LogP) is 4.64. The molecule has 0 amide bonds. The standard InChI is InChI=1S/C12H26/c1-5-7-9-11(3)12(4)10-8-6-2/h11-12H,5-10H2,1-4H3/i3D. The van der Waals surface area contributed by atoms with E-state index in [1.807, 2.05) is 0 Å². The second-order valence-corrected chi connectivity index (χ2v) is 4.02. The van der Waals surface area contributed by atoms with Gasteiger partial charge in [-0.15, -0.1) is 0 Å². The molecule has 2 atom stereocenters. The smallest absolute Gasteiger partial charge is 0.0233 e. The van der Waals surface area contributed by atoms with Gasteiger partial charge in [0.25, 0.3) is 0 Å². The van der Waals surface area contributed by atoms with Crippen LogP contribution >= 0.6 is 0 Å². The van der Waals surface area contributed by atoms with Crippen LogP contribution < -0.4 is 0 Å². The fourth-order valence-corrected chi connectivity index (χ4v) is 1.51. The van der Waals surface area contributed by atoms with Crippen molar-refractivity contribution in [1.82, 2.24) is 0 Å². The molecule has 0 N–H and O–H groups in total. The van der Waals surface area contributed by atoms with Crippen molar-refractivity contribution in [1.29, 1.82) is 0 Å². The van der Waals surface area contributed by atoms with E-state index in [1.54, 1.807) is 0 Å². The quantitative estimate of drug-likeness (QED) is 0.523. The van der Waals surface area contributed by atoms with Gasteiger partial charge >= 0.3 is 0 Å². The summed E-state index contributed by atoms with van der Waals surface area (Å²) in [6, 6.07) is 0. The van der Waals surface area contributed by atoms with E-state index >= 15 is 0 Å². The lowest BCUT2D eigenvalue weighted by Gasteiger charge is -2.19. The summed E-state index contributed by atoms with van der Waals surface area (Å²) in [6.45, 7) is 7.43. The minimum Gasteiger partial charge on any atom is -0.0654 e. The van der Waals surface area contributed by atoms with E-state index in [2.05, 4.69) is 20.8 Å². The summed E-state index contributed by atoms with van der Waals surface area (Å²) in [5.74, 6) is 1.43. The number of hydrogen-bond acceptors (Lipinski definition) is 0. The third-order valence-electron chi connectivity index (χ3n) is 2.75. The largest absolute Gasteiger partial charge is 0.0654 e. The van der Waals surface area contributed by atoms with Gasteiger partial charge in [-0.05, 0) is 11.8 Å². The van der Waals surface area contributed by atoms with E-state index in [1.165, 1.54) is 38.5 Å². The molecule has 74 valence electrons. The molecule has 0 aromatic carbocycles. The second kappa shape index (κ2) is 7.64. The summed E-state index contributed by atoms with van der Waals surface area (Å²) in [7, 11) is 0. The van der Waals surface area contributed by atoms with E-state index in [0.29, 0.717) is 12.8 Å². The summed E-state index contributed by atoms with van der Waals surface area (Å²) in [6.07, 6.45) is 7.80. The Labute approximate surface area is 80.2 Å². The van der Waals surface area contributed by atoms with Crippen molar-refractivity contribution in [3.63, 3.8) is 0 Å². The molecule has 0 aromatic rings. The van der Waals surface area contributed by atoms with Crippen LogP contribution in [-0.4, -0.2) is 0 Å². The minimum atomic E-state index is 0.630. The third-order valence-corrected chi connectivity index (χ3v) is 2.75. The van der Waals surface area contributed by atoms with Gasteiger partial charge in [0.2, 0.25) is 0 Å². The van der Waals surface area contributed by atoms with Crippen LogP contribution in [0.1, 0.15) is 67.6 Å². The lowest BCUT2D eigenvalue weighted by Crippen LogP contribution is -2.07. The van der Waals surface area contributed by atoms with Crippen LogP contribution in [-0.2, 0) is 0 Å². The van der Waals surface area contributed by atoms with Crippen molar-refractivity contribution in [3.05, 3.63) is 0 Å². The molecule has 0 saturated heterocycles. The van der Waals surface area contributed by atoms with Crippen LogP contribution in [0.15, 0.2) is 0 Å². The predicted molar refractivity (Wildman–Crippen MR) is 57.4 cm³/mol. The third kappa shape index (κ3) is 5.62. The Kier molecular flexibility index (Phi) is 6.42. The van der Waals surface area contributed by atoms with Gasteiger partial charge in [0.1, 0.15) is 0 Å². The Hall–Kier alpha value is 0. The normalized spacial score (nSPS) is 17.1. The molecule has 0 aliphatic heterocycles. The van der Waals surface area contributed by atoms with Crippen LogP contribution in [0, 0.1) is 11.8 Å². The van der Waals surface area contributed by atoms with Gasteiger partial charge in [-0.1, -0.05) is 66.2 Å². The van der Waals surface area contributed by atoms with Crippen LogP contribution in [0.4, 0.5) is 0 Å².